The lowest BCUT2D eigenvalue weighted by Gasteiger charge is -2.02. The zero-order chi connectivity index (χ0) is 9.26. The van der Waals surface area contributed by atoms with E-state index in [-0.39, 0.29) is 0 Å². The van der Waals surface area contributed by atoms with Crippen LogP contribution < -0.4 is 5.73 Å². The Labute approximate surface area is 81.1 Å². The number of hydrogen-bond acceptors (Lipinski definition) is 3. The standard InChI is InChI=1S/C10H10N2S/c1-7-8(3-5-13-7)9-2-4-12-6-10(9)11/h2-6H,11H2,1H3. The quantitative estimate of drug-likeness (QED) is 0.751. The molecule has 2 heterocycles. The molecule has 0 fully saturated rings. The number of aryl methyl sites for hydroxylation is 1. The SMILES string of the molecule is Cc1sccc1-c1ccncc1N. The van der Waals surface area contributed by atoms with E-state index in [0.717, 1.165) is 11.3 Å². The van der Waals surface area contributed by atoms with E-state index in [9.17, 15) is 0 Å². The summed E-state index contributed by atoms with van der Waals surface area (Å²) in [4.78, 5) is 5.25. The van der Waals surface area contributed by atoms with E-state index >= 15 is 0 Å². The van der Waals surface area contributed by atoms with Gasteiger partial charge in [-0.1, -0.05) is 0 Å². The van der Waals surface area contributed by atoms with Gasteiger partial charge in [0.25, 0.3) is 0 Å². The molecule has 0 aromatic carbocycles. The maximum Gasteiger partial charge on any atom is 0.0580 e. The first-order valence-electron chi connectivity index (χ1n) is 4.03. The number of anilines is 1. The molecule has 0 amide bonds. The normalized spacial score (nSPS) is 10.2. The summed E-state index contributed by atoms with van der Waals surface area (Å²) in [7, 11) is 0. The van der Waals surface area contributed by atoms with Crippen molar-refractivity contribution in [2.24, 2.45) is 0 Å². The van der Waals surface area contributed by atoms with Crippen LogP contribution in [0.3, 0.4) is 0 Å². The summed E-state index contributed by atoms with van der Waals surface area (Å²) in [6.45, 7) is 2.10. The minimum atomic E-state index is 0.740. The lowest BCUT2D eigenvalue weighted by atomic mass is 10.1. The smallest absolute Gasteiger partial charge is 0.0580 e. The minimum absolute atomic E-state index is 0.740. The molecular formula is C10H10N2S. The van der Waals surface area contributed by atoms with Crippen LogP contribution in [0.2, 0.25) is 0 Å². The van der Waals surface area contributed by atoms with Crippen molar-refractivity contribution in [3.63, 3.8) is 0 Å². The third kappa shape index (κ3) is 1.42. The molecule has 2 aromatic heterocycles. The molecular weight excluding hydrogens is 180 g/mol. The van der Waals surface area contributed by atoms with Crippen LogP contribution >= 0.6 is 11.3 Å². The second kappa shape index (κ2) is 3.18. The monoisotopic (exact) mass is 190 g/mol. The molecule has 0 spiro atoms. The molecule has 0 atom stereocenters. The van der Waals surface area contributed by atoms with Crippen molar-refractivity contribution in [1.82, 2.24) is 4.98 Å². The molecule has 0 saturated heterocycles. The van der Waals surface area contributed by atoms with Crippen molar-refractivity contribution in [3.05, 3.63) is 34.8 Å². The first-order chi connectivity index (χ1) is 6.29. The van der Waals surface area contributed by atoms with Crippen LogP contribution in [-0.2, 0) is 0 Å². The third-order valence-electron chi connectivity index (χ3n) is 2.00. The van der Waals surface area contributed by atoms with Gasteiger partial charge in [-0.25, -0.2) is 0 Å². The van der Waals surface area contributed by atoms with Gasteiger partial charge in [0.1, 0.15) is 0 Å². The van der Waals surface area contributed by atoms with Crippen LogP contribution in [0.15, 0.2) is 29.9 Å². The maximum atomic E-state index is 5.82. The molecule has 0 bridgehead atoms. The van der Waals surface area contributed by atoms with E-state index in [1.807, 2.05) is 6.07 Å². The Morgan fingerprint density at radius 1 is 1.31 bits per heavy atom. The van der Waals surface area contributed by atoms with Crippen molar-refractivity contribution in [3.8, 4) is 11.1 Å². The Morgan fingerprint density at radius 2 is 2.15 bits per heavy atom. The van der Waals surface area contributed by atoms with Gasteiger partial charge in [0, 0.05) is 16.6 Å². The Bertz CT molecular complexity index is 420. The number of pyridine rings is 1. The largest absolute Gasteiger partial charge is 0.397 e. The van der Waals surface area contributed by atoms with Gasteiger partial charge in [-0.3, -0.25) is 4.98 Å². The van der Waals surface area contributed by atoms with Gasteiger partial charge in [0.15, 0.2) is 0 Å². The summed E-state index contributed by atoms with van der Waals surface area (Å²) in [6.07, 6.45) is 3.45. The number of aromatic nitrogens is 1. The molecule has 0 saturated carbocycles. The Morgan fingerprint density at radius 3 is 2.77 bits per heavy atom. The average Bonchev–Trinajstić information content (AvgIpc) is 2.52. The molecule has 66 valence electrons. The first-order valence-corrected chi connectivity index (χ1v) is 4.91. The van der Waals surface area contributed by atoms with Crippen LogP contribution in [0.25, 0.3) is 11.1 Å². The van der Waals surface area contributed by atoms with E-state index in [4.69, 9.17) is 5.73 Å². The predicted octanol–water partition coefficient (Wildman–Crippen LogP) is 2.70. The second-order valence-electron chi connectivity index (χ2n) is 2.85. The summed E-state index contributed by atoms with van der Waals surface area (Å²) >= 11 is 1.73. The van der Waals surface area contributed by atoms with Gasteiger partial charge in [-0.15, -0.1) is 11.3 Å². The van der Waals surface area contributed by atoms with E-state index in [1.54, 1.807) is 23.7 Å². The molecule has 0 radical (unpaired) electrons. The number of nitrogen functional groups attached to an aromatic ring is 1. The average molecular weight is 190 g/mol. The molecule has 2 N–H and O–H groups in total. The molecule has 0 unspecified atom stereocenters. The topological polar surface area (TPSA) is 38.9 Å². The van der Waals surface area contributed by atoms with Gasteiger partial charge in [0.05, 0.1) is 11.9 Å². The zero-order valence-electron chi connectivity index (χ0n) is 7.32. The number of nitrogens with two attached hydrogens (primary N) is 1. The molecule has 2 rings (SSSR count). The maximum absolute atomic E-state index is 5.82. The highest BCUT2D eigenvalue weighted by Gasteiger charge is 2.05. The van der Waals surface area contributed by atoms with E-state index in [2.05, 4.69) is 23.4 Å². The minimum Gasteiger partial charge on any atom is -0.397 e. The predicted molar refractivity (Wildman–Crippen MR) is 56.7 cm³/mol. The van der Waals surface area contributed by atoms with Gasteiger partial charge in [-0.2, -0.15) is 0 Å². The van der Waals surface area contributed by atoms with E-state index in [1.165, 1.54) is 10.4 Å². The number of nitrogens with zero attached hydrogens (tertiary/aromatic N) is 1. The fraction of sp³-hybridized carbons (Fsp3) is 0.100. The highest BCUT2D eigenvalue weighted by atomic mass is 32.1. The number of thiophene rings is 1. The highest BCUT2D eigenvalue weighted by molar-refractivity contribution is 7.10. The summed E-state index contributed by atoms with van der Waals surface area (Å²) < 4.78 is 0. The molecule has 0 aliphatic heterocycles. The fourth-order valence-corrected chi connectivity index (χ4v) is 2.03. The van der Waals surface area contributed by atoms with Crippen LogP contribution in [0.5, 0.6) is 0 Å². The van der Waals surface area contributed by atoms with Crippen LogP contribution in [0, 0.1) is 6.92 Å². The zero-order valence-corrected chi connectivity index (χ0v) is 8.14. The van der Waals surface area contributed by atoms with Gasteiger partial charge in [-0.05, 0) is 30.0 Å². The summed E-state index contributed by atoms with van der Waals surface area (Å²) in [6, 6.07) is 4.04. The molecule has 0 aliphatic carbocycles. The Balaban J connectivity index is 2.59. The number of rotatable bonds is 1. The molecule has 3 heteroatoms. The molecule has 2 nitrogen and oxygen atoms in total. The van der Waals surface area contributed by atoms with Crippen molar-refractivity contribution in [2.45, 2.75) is 6.92 Å². The molecule has 2 aromatic rings. The lowest BCUT2D eigenvalue weighted by Crippen LogP contribution is -1.90. The van der Waals surface area contributed by atoms with E-state index < -0.39 is 0 Å². The molecule has 13 heavy (non-hydrogen) atoms. The van der Waals surface area contributed by atoms with Crippen molar-refractivity contribution in [1.29, 1.82) is 0 Å². The van der Waals surface area contributed by atoms with E-state index in [0.29, 0.717) is 0 Å². The van der Waals surface area contributed by atoms with Crippen LogP contribution in [0.1, 0.15) is 4.88 Å². The third-order valence-corrected chi connectivity index (χ3v) is 2.85. The van der Waals surface area contributed by atoms with Crippen LogP contribution in [0.4, 0.5) is 5.69 Å². The van der Waals surface area contributed by atoms with Crippen molar-refractivity contribution < 1.29 is 0 Å². The van der Waals surface area contributed by atoms with Crippen molar-refractivity contribution >= 4 is 17.0 Å². The van der Waals surface area contributed by atoms with Gasteiger partial charge >= 0.3 is 0 Å². The Kier molecular flexibility index (Phi) is 2.02. The lowest BCUT2D eigenvalue weighted by molar-refractivity contribution is 1.33. The van der Waals surface area contributed by atoms with Gasteiger partial charge in [0.2, 0.25) is 0 Å². The summed E-state index contributed by atoms with van der Waals surface area (Å²) in [5, 5.41) is 2.07. The second-order valence-corrected chi connectivity index (χ2v) is 3.97. The first kappa shape index (κ1) is 8.26. The molecule has 0 aliphatic rings. The van der Waals surface area contributed by atoms with Crippen LogP contribution in [-0.4, -0.2) is 4.98 Å². The Hall–Kier alpha value is -1.35. The summed E-state index contributed by atoms with van der Waals surface area (Å²) in [5.74, 6) is 0. The van der Waals surface area contributed by atoms with Gasteiger partial charge < -0.3 is 5.73 Å². The highest BCUT2D eigenvalue weighted by Crippen LogP contribution is 2.30. The number of hydrogen-bond donors (Lipinski definition) is 1. The fourth-order valence-electron chi connectivity index (χ4n) is 1.32. The summed E-state index contributed by atoms with van der Waals surface area (Å²) in [5.41, 5.74) is 8.85. The van der Waals surface area contributed by atoms with Crippen molar-refractivity contribution in [2.75, 3.05) is 5.73 Å².